The van der Waals surface area contributed by atoms with Crippen molar-refractivity contribution in [3.8, 4) is 0 Å². The van der Waals surface area contributed by atoms with Crippen LogP contribution >= 0.6 is 0 Å². The van der Waals surface area contributed by atoms with Crippen molar-refractivity contribution in [1.29, 1.82) is 10.8 Å². The number of benzene rings is 2. The molecule has 0 radical (unpaired) electrons. The number of nitrogens with zero attached hydrogens (tertiary/aromatic N) is 5. The van der Waals surface area contributed by atoms with E-state index in [4.69, 9.17) is 10.8 Å². The molecule has 0 atom stereocenters. The molecule has 1 aromatic heterocycles. The average Bonchev–Trinajstić information content (AvgIpc) is 3.03. The Kier molecular flexibility index (Phi) is 6.98. The Morgan fingerprint density at radius 3 is 2.41 bits per heavy atom. The molecule has 5 rings (SSSR count). The Hall–Kier alpha value is -4.08. The van der Waals surface area contributed by atoms with Gasteiger partial charge in [-0.25, -0.2) is 4.98 Å². The van der Waals surface area contributed by atoms with Crippen LogP contribution in [-0.4, -0.2) is 84.1 Å². The first-order valence-electron chi connectivity index (χ1n) is 12.4. The summed E-state index contributed by atoms with van der Waals surface area (Å²) in [5.74, 6) is 1.21. The summed E-state index contributed by atoms with van der Waals surface area (Å²) in [5, 5.41) is 21.3. The molecule has 2 aliphatic heterocycles. The van der Waals surface area contributed by atoms with E-state index < -0.39 is 0 Å². The zero-order chi connectivity index (χ0) is 25.9. The predicted octanol–water partition coefficient (Wildman–Crippen LogP) is 3.20. The van der Waals surface area contributed by atoms with Crippen molar-refractivity contribution in [3.63, 3.8) is 0 Å². The highest BCUT2D eigenvalue weighted by molar-refractivity contribution is 6.30. The fourth-order valence-electron chi connectivity index (χ4n) is 4.67. The number of carbonyl (C=O) groups excluding carboxylic acids is 1. The van der Waals surface area contributed by atoms with Gasteiger partial charge in [0, 0.05) is 64.1 Å². The van der Waals surface area contributed by atoms with E-state index in [0.717, 1.165) is 44.0 Å². The quantitative estimate of drug-likeness (QED) is 0.370. The van der Waals surface area contributed by atoms with Crippen LogP contribution in [-0.2, 0) is 11.3 Å². The number of pyridine rings is 1. The Morgan fingerprint density at radius 2 is 1.68 bits per heavy atom. The molecule has 0 saturated carbocycles. The molecule has 190 valence electrons. The minimum absolute atomic E-state index is 0.140. The maximum atomic E-state index is 12.0. The molecule has 2 aromatic carbocycles. The second kappa shape index (κ2) is 10.5. The van der Waals surface area contributed by atoms with Crippen molar-refractivity contribution in [1.82, 2.24) is 19.7 Å². The second-order valence-electron chi connectivity index (χ2n) is 9.61. The number of para-hydroxylation sites is 1. The average molecular weight is 497 g/mol. The lowest BCUT2D eigenvalue weighted by atomic mass is 10.1. The molecule has 0 unspecified atom stereocenters. The van der Waals surface area contributed by atoms with Gasteiger partial charge in [-0.05, 0) is 29.8 Å². The van der Waals surface area contributed by atoms with Crippen molar-refractivity contribution in [2.75, 3.05) is 57.0 Å². The molecule has 3 N–H and O–H groups in total. The highest BCUT2D eigenvalue weighted by atomic mass is 16.2. The molecule has 1 saturated heterocycles. The molecule has 0 aliphatic carbocycles. The summed E-state index contributed by atoms with van der Waals surface area (Å²) in [5.41, 5.74) is 4.09. The highest BCUT2D eigenvalue weighted by Crippen LogP contribution is 2.34. The number of nitrogens with one attached hydrogen (secondary N) is 3. The van der Waals surface area contributed by atoms with Crippen LogP contribution in [0.3, 0.4) is 0 Å². The Morgan fingerprint density at radius 1 is 0.973 bits per heavy atom. The number of hydrogen-bond donors (Lipinski definition) is 3. The Labute approximate surface area is 217 Å². The van der Waals surface area contributed by atoms with E-state index >= 15 is 0 Å². The minimum atomic E-state index is 0.140. The maximum Gasteiger partial charge on any atom is 0.236 e. The number of hydrogen-bond acceptors (Lipinski definition) is 7. The van der Waals surface area contributed by atoms with Crippen LogP contribution in [0.4, 0.5) is 17.2 Å². The first-order chi connectivity index (χ1) is 17.9. The van der Waals surface area contributed by atoms with Gasteiger partial charge >= 0.3 is 0 Å². The van der Waals surface area contributed by atoms with Crippen molar-refractivity contribution in [2.45, 2.75) is 6.54 Å². The van der Waals surface area contributed by atoms with Gasteiger partial charge in [-0.3, -0.25) is 30.3 Å². The van der Waals surface area contributed by atoms with Crippen LogP contribution in [0.1, 0.15) is 16.7 Å². The van der Waals surface area contributed by atoms with Crippen LogP contribution in [0.5, 0.6) is 0 Å². The molecule has 0 bridgehead atoms. The molecule has 3 heterocycles. The smallest absolute Gasteiger partial charge is 0.236 e. The molecular weight excluding hydrogens is 464 g/mol. The van der Waals surface area contributed by atoms with Gasteiger partial charge in [-0.15, -0.1) is 0 Å². The fraction of sp³-hybridized carbons (Fsp3) is 0.286. The number of likely N-dealkylation sites (N-methyl/N-ethyl adjacent to an activating group) is 1. The fourth-order valence-corrected chi connectivity index (χ4v) is 4.67. The third-order valence-corrected chi connectivity index (χ3v) is 6.87. The lowest BCUT2D eigenvalue weighted by Crippen LogP contribution is -2.48. The number of piperazine rings is 1. The van der Waals surface area contributed by atoms with Crippen LogP contribution < -0.4 is 10.2 Å². The molecule has 0 spiro atoms. The molecule has 1 fully saturated rings. The number of rotatable bonds is 5. The first-order valence-corrected chi connectivity index (χ1v) is 12.4. The Bertz CT molecular complexity index is 1310. The van der Waals surface area contributed by atoms with Crippen molar-refractivity contribution in [3.05, 3.63) is 83.6 Å². The Balaban J connectivity index is 1.28. The number of anilines is 3. The lowest BCUT2D eigenvalue weighted by molar-refractivity contribution is -0.130. The second-order valence-corrected chi connectivity index (χ2v) is 9.61. The molecule has 37 heavy (non-hydrogen) atoms. The van der Waals surface area contributed by atoms with Crippen molar-refractivity contribution >= 4 is 34.8 Å². The molecule has 9 nitrogen and oxygen atoms in total. The third-order valence-electron chi connectivity index (χ3n) is 6.87. The minimum Gasteiger partial charge on any atom is -0.348 e. The van der Waals surface area contributed by atoms with Gasteiger partial charge in [-0.2, -0.15) is 0 Å². The molecule has 9 heteroatoms. The van der Waals surface area contributed by atoms with E-state index in [1.807, 2.05) is 48.5 Å². The monoisotopic (exact) mass is 496 g/mol. The number of aromatic nitrogens is 1. The van der Waals surface area contributed by atoms with Gasteiger partial charge in [0.15, 0.2) is 5.82 Å². The standard InChI is InChI=1S/C28H32N8O/c1-33(2)25(37)19-35-16-14-34(15-17-35)18-20-9-11-21(12-10-20)26(29)36-24-8-5-13-31-28(24)32-23-7-4-3-6-22(23)27(36)30/h3-13,29-30H,14-19H2,1-2H3,(H,31,32). The largest absolute Gasteiger partial charge is 0.348 e. The van der Waals surface area contributed by atoms with Crippen LogP contribution in [0.2, 0.25) is 0 Å². The molecule has 1 amide bonds. The number of carbonyl (C=O) groups is 1. The molecule has 2 aliphatic rings. The van der Waals surface area contributed by atoms with E-state index in [9.17, 15) is 4.79 Å². The third kappa shape index (κ3) is 5.23. The zero-order valence-electron chi connectivity index (χ0n) is 21.2. The van der Waals surface area contributed by atoms with E-state index in [2.05, 4.69) is 32.2 Å². The van der Waals surface area contributed by atoms with Crippen LogP contribution in [0.25, 0.3) is 0 Å². The van der Waals surface area contributed by atoms with Gasteiger partial charge in [-0.1, -0.05) is 36.4 Å². The summed E-state index contributed by atoms with van der Waals surface area (Å²) in [4.78, 5) is 24.3. The normalized spacial score (nSPS) is 15.8. The van der Waals surface area contributed by atoms with Gasteiger partial charge in [0.05, 0.1) is 17.9 Å². The van der Waals surface area contributed by atoms with E-state index in [1.165, 1.54) is 5.56 Å². The summed E-state index contributed by atoms with van der Waals surface area (Å²) in [6.07, 6.45) is 1.71. The molecule has 3 aromatic rings. The van der Waals surface area contributed by atoms with E-state index in [0.29, 0.717) is 23.6 Å². The van der Waals surface area contributed by atoms with Crippen LogP contribution in [0.15, 0.2) is 66.9 Å². The summed E-state index contributed by atoms with van der Waals surface area (Å²) in [6, 6.07) is 19.4. The van der Waals surface area contributed by atoms with E-state index in [-0.39, 0.29) is 17.6 Å². The van der Waals surface area contributed by atoms with Crippen molar-refractivity contribution in [2.24, 2.45) is 0 Å². The van der Waals surface area contributed by atoms with Crippen molar-refractivity contribution < 1.29 is 4.79 Å². The highest BCUT2D eigenvalue weighted by Gasteiger charge is 2.28. The summed E-state index contributed by atoms with van der Waals surface area (Å²) >= 11 is 0. The summed E-state index contributed by atoms with van der Waals surface area (Å²) in [7, 11) is 3.59. The number of amidine groups is 2. The number of amides is 1. The SMILES string of the molecule is CN(C)C(=O)CN1CCN(Cc2ccc(C(=N)N3C(=N)c4ccccc4Nc4ncccc43)cc2)CC1. The predicted molar refractivity (Wildman–Crippen MR) is 147 cm³/mol. The van der Waals surface area contributed by atoms with Gasteiger partial charge in [0.2, 0.25) is 5.91 Å². The summed E-state index contributed by atoms with van der Waals surface area (Å²) in [6.45, 7) is 4.89. The van der Waals surface area contributed by atoms with Gasteiger partial charge in [0.25, 0.3) is 0 Å². The van der Waals surface area contributed by atoms with E-state index in [1.54, 1.807) is 30.1 Å². The number of fused-ring (bicyclic) bond motifs is 2. The van der Waals surface area contributed by atoms with Gasteiger partial charge < -0.3 is 10.2 Å². The topological polar surface area (TPSA) is 103 Å². The lowest BCUT2D eigenvalue weighted by Gasteiger charge is -2.34. The van der Waals surface area contributed by atoms with Crippen LogP contribution in [0, 0.1) is 10.8 Å². The zero-order valence-corrected chi connectivity index (χ0v) is 21.2. The first kappa shape index (κ1) is 24.6. The maximum absolute atomic E-state index is 12.0. The van der Waals surface area contributed by atoms with Gasteiger partial charge in [0.1, 0.15) is 11.7 Å². The summed E-state index contributed by atoms with van der Waals surface area (Å²) < 4.78 is 0. The molecular formula is C28H32N8O.